The highest BCUT2D eigenvalue weighted by atomic mass is 79.9. The van der Waals surface area contributed by atoms with E-state index in [4.69, 9.17) is 0 Å². The van der Waals surface area contributed by atoms with Gasteiger partial charge >= 0.3 is 0 Å². The summed E-state index contributed by atoms with van der Waals surface area (Å²) >= 11 is 3.56. The minimum Gasteiger partial charge on any atom is -0.361 e. The maximum atomic E-state index is 3.56. The molecule has 0 unspecified atom stereocenters. The molecule has 24 heavy (non-hydrogen) atoms. The van der Waals surface area contributed by atoms with Crippen LogP contribution in [0.5, 0.6) is 0 Å². The largest absolute Gasteiger partial charge is 0.361 e. The first-order valence-corrected chi connectivity index (χ1v) is 9.31. The molecule has 3 aromatic rings. The molecule has 3 nitrogen and oxygen atoms in total. The fraction of sp³-hybridized carbons (Fsp3) is 0.300. The Balaban J connectivity index is 1.34. The van der Waals surface area contributed by atoms with Gasteiger partial charge in [0.25, 0.3) is 0 Å². The molecule has 4 heteroatoms. The fourth-order valence-corrected chi connectivity index (χ4v) is 3.95. The number of piperazine rings is 1. The molecular formula is C20H22BrN3. The van der Waals surface area contributed by atoms with Crippen LogP contribution in [-0.2, 0) is 13.1 Å². The van der Waals surface area contributed by atoms with Crippen molar-refractivity contribution in [1.29, 1.82) is 0 Å². The van der Waals surface area contributed by atoms with Crippen LogP contribution in [0.15, 0.2) is 59.2 Å². The molecule has 1 aliphatic heterocycles. The molecule has 1 aromatic heterocycles. The van der Waals surface area contributed by atoms with Crippen molar-refractivity contribution >= 4 is 26.8 Å². The number of rotatable bonds is 4. The Morgan fingerprint density at radius 3 is 2.42 bits per heavy atom. The zero-order chi connectivity index (χ0) is 16.4. The number of hydrogen-bond donors (Lipinski definition) is 1. The first-order chi connectivity index (χ1) is 11.8. The maximum Gasteiger partial charge on any atom is 0.0457 e. The number of nitrogens with one attached hydrogen (secondary N) is 1. The number of aromatic nitrogens is 1. The summed E-state index contributed by atoms with van der Waals surface area (Å²) in [4.78, 5) is 8.49. The summed E-state index contributed by atoms with van der Waals surface area (Å²) in [6, 6.07) is 17.2. The highest BCUT2D eigenvalue weighted by Crippen LogP contribution is 2.20. The number of nitrogens with zero attached hydrogens (tertiary/aromatic N) is 2. The molecule has 2 heterocycles. The van der Waals surface area contributed by atoms with Gasteiger partial charge in [-0.25, -0.2) is 0 Å². The molecule has 0 saturated carbocycles. The van der Waals surface area contributed by atoms with Crippen LogP contribution in [0.4, 0.5) is 0 Å². The van der Waals surface area contributed by atoms with Crippen LogP contribution in [-0.4, -0.2) is 41.0 Å². The second kappa shape index (κ2) is 7.09. The lowest BCUT2D eigenvalue weighted by atomic mass is 10.1. The molecule has 0 amide bonds. The molecule has 1 fully saturated rings. The molecule has 1 saturated heterocycles. The van der Waals surface area contributed by atoms with Gasteiger partial charge in [0.05, 0.1) is 0 Å². The molecule has 0 radical (unpaired) electrons. The van der Waals surface area contributed by atoms with E-state index in [2.05, 4.69) is 85.4 Å². The maximum absolute atomic E-state index is 3.56. The first kappa shape index (κ1) is 15.9. The van der Waals surface area contributed by atoms with Crippen molar-refractivity contribution in [3.63, 3.8) is 0 Å². The van der Waals surface area contributed by atoms with Crippen LogP contribution in [0.25, 0.3) is 10.9 Å². The SMILES string of the molecule is Brc1cccc(CN2CCN(Cc3c[nH]c4ccccc34)CC2)c1. The van der Waals surface area contributed by atoms with Gasteiger partial charge in [0.2, 0.25) is 0 Å². The van der Waals surface area contributed by atoms with Crippen LogP contribution in [0.3, 0.4) is 0 Å². The number of para-hydroxylation sites is 1. The molecule has 1 N–H and O–H groups in total. The zero-order valence-corrected chi connectivity index (χ0v) is 15.3. The van der Waals surface area contributed by atoms with Gasteiger partial charge in [0, 0.05) is 60.8 Å². The highest BCUT2D eigenvalue weighted by molar-refractivity contribution is 9.10. The molecular weight excluding hydrogens is 362 g/mol. The van der Waals surface area contributed by atoms with Crippen molar-refractivity contribution in [2.45, 2.75) is 13.1 Å². The Hall–Kier alpha value is -1.62. The summed E-state index contributed by atoms with van der Waals surface area (Å²) < 4.78 is 1.16. The van der Waals surface area contributed by atoms with E-state index in [1.165, 1.54) is 22.0 Å². The van der Waals surface area contributed by atoms with Crippen molar-refractivity contribution in [1.82, 2.24) is 14.8 Å². The van der Waals surface area contributed by atoms with E-state index >= 15 is 0 Å². The average molecular weight is 384 g/mol. The Kier molecular flexibility index (Phi) is 4.69. The number of aromatic amines is 1. The van der Waals surface area contributed by atoms with E-state index in [1.54, 1.807) is 0 Å². The van der Waals surface area contributed by atoms with Gasteiger partial charge in [-0.05, 0) is 29.3 Å². The number of benzene rings is 2. The van der Waals surface area contributed by atoms with Gasteiger partial charge in [0.15, 0.2) is 0 Å². The second-order valence-electron chi connectivity index (χ2n) is 6.54. The van der Waals surface area contributed by atoms with E-state index in [-0.39, 0.29) is 0 Å². The lowest BCUT2D eigenvalue weighted by molar-refractivity contribution is 0.122. The van der Waals surface area contributed by atoms with E-state index < -0.39 is 0 Å². The van der Waals surface area contributed by atoms with E-state index in [9.17, 15) is 0 Å². The standard InChI is InChI=1S/C20H22BrN3/c21-18-5-3-4-16(12-18)14-23-8-10-24(11-9-23)15-17-13-22-20-7-2-1-6-19(17)20/h1-7,12-13,22H,8-11,14-15H2. The number of H-pyrrole nitrogens is 1. The quantitative estimate of drug-likeness (QED) is 0.727. The average Bonchev–Trinajstić information content (AvgIpc) is 3.00. The second-order valence-corrected chi connectivity index (χ2v) is 7.46. The highest BCUT2D eigenvalue weighted by Gasteiger charge is 2.18. The van der Waals surface area contributed by atoms with Gasteiger partial charge in [-0.15, -0.1) is 0 Å². The van der Waals surface area contributed by atoms with Crippen LogP contribution in [0, 0.1) is 0 Å². The van der Waals surface area contributed by atoms with Gasteiger partial charge in [-0.1, -0.05) is 46.3 Å². The molecule has 1 aliphatic rings. The Bertz CT molecular complexity index is 818. The Morgan fingerprint density at radius 1 is 0.875 bits per heavy atom. The molecule has 2 aromatic carbocycles. The van der Waals surface area contributed by atoms with Crippen molar-refractivity contribution in [2.24, 2.45) is 0 Å². The molecule has 0 spiro atoms. The predicted octanol–water partition coefficient (Wildman–Crippen LogP) is 4.25. The summed E-state index contributed by atoms with van der Waals surface area (Å²) in [5.41, 5.74) is 4.03. The Labute approximate surface area is 151 Å². The lowest BCUT2D eigenvalue weighted by Gasteiger charge is -2.34. The van der Waals surface area contributed by atoms with Crippen LogP contribution < -0.4 is 0 Å². The third-order valence-corrected chi connectivity index (χ3v) is 5.32. The summed E-state index contributed by atoms with van der Waals surface area (Å²) in [6.45, 7) is 6.61. The molecule has 0 aliphatic carbocycles. The third-order valence-electron chi connectivity index (χ3n) is 4.83. The lowest BCUT2D eigenvalue weighted by Crippen LogP contribution is -2.45. The summed E-state index contributed by atoms with van der Waals surface area (Å²) in [6.07, 6.45) is 2.17. The minimum atomic E-state index is 1.04. The topological polar surface area (TPSA) is 22.3 Å². The zero-order valence-electron chi connectivity index (χ0n) is 13.7. The van der Waals surface area contributed by atoms with Crippen molar-refractivity contribution in [2.75, 3.05) is 26.2 Å². The van der Waals surface area contributed by atoms with Crippen molar-refractivity contribution in [3.8, 4) is 0 Å². The minimum absolute atomic E-state index is 1.04. The van der Waals surface area contributed by atoms with E-state index in [0.29, 0.717) is 0 Å². The third kappa shape index (κ3) is 3.56. The summed E-state index contributed by atoms with van der Waals surface area (Å²) in [5.74, 6) is 0. The van der Waals surface area contributed by atoms with Crippen molar-refractivity contribution in [3.05, 3.63) is 70.3 Å². The van der Waals surface area contributed by atoms with Gasteiger partial charge in [-0.3, -0.25) is 9.80 Å². The smallest absolute Gasteiger partial charge is 0.0457 e. The van der Waals surface area contributed by atoms with Gasteiger partial charge < -0.3 is 4.98 Å². The van der Waals surface area contributed by atoms with Gasteiger partial charge in [-0.2, -0.15) is 0 Å². The fourth-order valence-electron chi connectivity index (χ4n) is 3.50. The van der Waals surface area contributed by atoms with Crippen LogP contribution in [0.1, 0.15) is 11.1 Å². The Morgan fingerprint density at radius 2 is 1.62 bits per heavy atom. The molecule has 0 atom stereocenters. The van der Waals surface area contributed by atoms with Crippen LogP contribution in [0.2, 0.25) is 0 Å². The van der Waals surface area contributed by atoms with E-state index in [1.807, 2.05) is 0 Å². The van der Waals surface area contributed by atoms with Gasteiger partial charge in [0.1, 0.15) is 0 Å². The van der Waals surface area contributed by atoms with Crippen LogP contribution >= 0.6 is 15.9 Å². The van der Waals surface area contributed by atoms with E-state index in [0.717, 1.165) is 43.7 Å². The molecule has 4 rings (SSSR count). The van der Waals surface area contributed by atoms with Crippen molar-refractivity contribution < 1.29 is 0 Å². The molecule has 124 valence electrons. The molecule has 0 bridgehead atoms. The summed E-state index contributed by atoms with van der Waals surface area (Å²) in [7, 11) is 0. The normalized spacial score (nSPS) is 16.7. The number of fused-ring (bicyclic) bond motifs is 1. The number of hydrogen-bond acceptors (Lipinski definition) is 2. The first-order valence-electron chi connectivity index (χ1n) is 8.52. The monoisotopic (exact) mass is 383 g/mol. The summed E-state index contributed by atoms with van der Waals surface area (Å²) in [5, 5.41) is 1.36. The number of halogens is 1. The predicted molar refractivity (Wildman–Crippen MR) is 103 cm³/mol.